The largest absolute Gasteiger partial charge is 0.436 e. The van der Waals surface area contributed by atoms with Crippen LogP contribution in [0, 0.1) is 0 Å². The summed E-state index contributed by atoms with van der Waals surface area (Å²) in [6.45, 7) is 0. The van der Waals surface area contributed by atoms with Gasteiger partial charge in [0.2, 0.25) is 5.89 Å². The quantitative estimate of drug-likeness (QED) is 0.154. The number of oxazole rings is 1. The fourth-order valence-corrected chi connectivity index (χ4v) is 8.64. The van der Waals surface area contributed by atoms with Gasteiger partial charge in [0.1, 0.15) is 11.3 Å². The number of hydrogen-bond donors (Lipinski definition) is 0. The average Bonchev–Trinajstić information content (AvgIpc) is 3.91. The van der Waals surface area contributed by atoms with E-state index in [0.717, 1.165) is 115 Å². The van der Waals surface area contributed by atoms with Gasteiger partial charge < -0.3 is 9.32 Å². The van der Waals surface area contributed by atoms with Crippen molar-refractivity contribution in [3.05, 3.63) is 194 Å². The molecule has 0 atom stereocenters. The minimum Gasteiger partial charge on any atom is -0.436 e. The summed E-state index contributed by atoms with van der Waals surface area (Å²) >= 11 is 0. The number of nitrogens with zero attached hydrogens (tertiary/aromatic N) is 5. The van der Waals surface area contributed by atoms with Gasteiger partial charge >= 0.3 is 0 Å². The number of aromatic nitrogens is 4. The predicted octanol–water partition coefficient (Wildman–Crippen LogP) is 13.8. The molecule has 6 heteroatoms. The van der Waals surface area contributed by atoms with Gasteiger partial charge in [0.25, 0.3) is 0 Å². The van der Waals surface area contributed by atoms with Crippen LogP contribution in [0.15, 0.2) is 192 Å². The molecule has 0 bridgehead atoms. The van der Waals surface area contributed by atoms with E-state index in [0.29, 0.717) is 11.7 Å². The second kappa shape index (κ2) is 15.0. The molecular formula is C54H41N5O. The Bertz CT molecular complexity index is 3160. The molecule has 0 unspecified atom stereocenters. The SMILES string of the molecule is CN(C1=CCCC=C1)c1ccc(-c2ccc3c(c2)c2ccccc2n3-c2cc(-c3ccccc3)nc(-c3ccccc3)n2)cc1-c1ccc2nc(C3=CCCC=C3)oc2c1. The number of allylic oxidation sites excluding steroid dienone is 7. The van der Waals surface area contributed by atoms with Gasteiger partial charge in [-0.05, 0) is 90.9 Å². The van der Waals surface area contributed by atoms with Crippen molar-refractivity contribution in [3.8, 4) is 50.7 Å². The fourth-order valence-electron chi connectivity index (χ4n) is 8.64. The summed E-state index contributed by atoms with van der Waals surface area (Å²) in [7, 11) is 2.16. The third-order valence-electron chi connectivity index (χ3n) is 11.7. The van der Waals surface area contributed by atoms with Crippen molar-refractivity contribution in [2.75, 3.05) is 11.9 Å². The van der Waals surface area contributed by atoms with E-state index < -0.39 is 0 Å². The van der Waals surface area contributed by atoms with Crippen molar-refractivity contribution in [2.45, 2.75) is 25.7 Å². The van der Waals surface area contributed by atoms with E-state index in [1.165, 1.54) is 5.70 Å². The van der Waals surface area contributed by atoms with Crippen LogP contribution in [0.5, 0.6) is 0 Å². The summed E-state index contributed by atoms with van der Waals surface area (Å²) in [6, 6.07) is 51.4. The van der Waals surface area contributed by atoms with Crippen LogP contribution in [0.1, 0.15) is 31.6 Å². The molecule has 0 N–H and O–H groups in total. The number of likely N-dealkylation sites (N-methyl/N-ethyl adjacent to an activating group) is 1. The number of rotatable bonds is 8. The highest BCUT2D eigenvalue weighted by Gasteiger charge is 2.20. The van der Waals surface area contributed by atoms with Gasteiger partial charge in [0.15, 0.2) is 11.4 Å². The number of anilines is 1. The first-order chi connectivity index (χ1) is 29.6. The molecular weight excluding hydrogens is 735 g/mol. The second-order valence-electron chi connectivity index (χ2n) is 15.5. The Morgan fingerprint density at radius 3 is 2.07 bits per heavy atom. The summed E-state index contributed by atoms with van der Waals surface area (Å²) in [6.07, 6.45) is 17.5. The maximum Gasteiger partial charge on any atom is 0.226 e. The maximum atomic E-state index is 6.42. The van der Waals surface area contributed by atoms with Gasteiger partial charge in [-0.15, -0.1) is 0 Å². The zero-order chi connectivity index (χ0) is 40.0. The van der Waals surface area contributed by atoms with Crippen molar-refractivity contribution >= 4 is 44.2 Å². The van der Waals surface area contributed by atoms with Crippen LogP contribution in [0.2, 0.25) is 0 Å². The number of fused-ring (bicyclic) bond motifs is 4. The van der Waals surface area contributed by atoms with Crippen molar-refractivity contribution < 1.29 is 4.42 Å². The van der Waals surface area contributed by atoms with E-state index in [-0.39, 0.29) is 0 Å². The lowest BCUT2D eigenvalue weighted by Crippen LogP contribution is -2.17. The van der Waals surface area contributed by atoms with Crippen LogP contribution >= 0.6 is 0 Å². The molecule has 60 heavy (non-hydrogen) atoms. The normalized spacial score (nSPS) is 13.9. The van der Waals surface area contributed by atoms with Crippen LogP contribution in [0.25, 0.3) is 89.2 Å². The van der Waals surface area contributed by atoms with Crippen molar-refractivity contribution in [1.82, 2.24) is 19.5 Å². The van der Waals surface area contributed by atoms with Crippen LogP contribution < -0.4 is 4.90 Å². The summed E-state index contributed by atoms with van der Waals surface area (Å²) < 4.78 is 8.70. The molecule has 0 saturated heterocycles. The lowest BCUT2D eigenvalue weighted by molar-refractivity contribution is 0.585. The molecule has 0 amide bonds. The average molecular weight is 776 g/mol. The first-order valence-electron chi connectivity index (χ1n) is 20.7. The molecule has 0 radical (unpaired) electrons. The number of benzene rings is 6. The molecule has 2 aliphatic rings. The molecule has 11 rings (SSSR count). The smallest absolute Gasteiger partial charge is 0.226 e. The van der Waals surface area contributed by atoms with Gasteiger partial charge in [-0.2, -0.15) is 0 Å². The molecule has 3 aromatic heterocycles. The third kappa shape index (κ3) is 6.43. The van der Waals surface area contributed by atoms with Crippen LogP contribution in [0.4, 0.5) is 5.69 Å². The minimum atomic E-state index is 0.670. The Labute approximate surface area is 348 Å². The third-order valence-corrected chi connectivity index (χ3v) is 11.7. The molecule has 2 aliphatic carbocycles. The van der Waals surface area contributed by atoms with E-state index in [9.17, 15) is 0 Å². The second-order valence-corrected chi connectivity index (χ2v) is 15.5. The molecule has 0 aliphatic heterocycles. The molecule has 0 spiro atoms. The van der Waals surface area contributed by atoms with Gasteiger partial charge in [-0.25, -0.2) is 15.0 Å². The Morgan fingerprint density at radius 2 is 1.27 bits per heavy atom. The highest BCUT2D eigenvalue weighted by Crippen LogP contribution is 2.41. The number of hydrogen-bond acceptors (Lipinski definition) is 5. The zero-order valence-corrected chi connectivity index (χ0v) is 33.3. The molecule has 9 aromatic rings. The van der Waals surface area contributed by atoms with Crippen LogP contribution in [-0.4, -0.2) is 26.6 Å². The predicted molar refractivity (Wildman–Crippen MR) is 247 cm³/mol. The standard InChI is InChI=1S/C54H41N5O/c1-58(42-22-12-5-13-23-42)48-30-27-39(32-44(48)41-26-29-46-51(34-41)60-54(56-46)38-20-10-4-11-21-38)40-28-31-50-45(33-40)43-24-14-15-25-49(43)59(50)52-35-47(36-16-6-2-7-17-36)55-53(57-52)37-18-8-3-9-19-37/h2-3,6-10,12,14-35H,4-5,11,13H2,1H3. The van der Waals surface area contributed by atoms with Gasteiger partial charge in [-0.1, -0.05) is 127 Å². The van der Waals surface area contributed by atoms with Crippen LogP contribution in [-0.2, 0) is 0 Å². The molecule has 6 nitrogen and oxygen atoms in total. The van der Waals surface area contributed by atoms with Crippen LogP contribution in [0.3, 0.4) is 0 Å². The highest BCUT2D eigenvalue weighted by molar-refractivity contribution is 6.10. The Morgan fingerprint density at radius 1 is 0.550 bits per heavy atom. The van der Waals surface area contributed by atoms with Crippen molar-refractivity contribution in [3.63, 3.8) is 0 Å². The van der Waals surface area contributed by atoms with E-state index >= 15 is 0 Å². The summed E-state index contributed by atoms with van der Waals surface area (Å²) in [5, 5.41) is 2.32. The summed E-state index contributed by atoms with van der Waals surface area (Å²) in [5.41, 5.74) is 14.5. The molecule has 0 fully saturated rings. The minimum absolute atomic E-state index is 0.670. The molecule has 0 saturated carbocycles. The summed E-state index contributed by atoms with van der Waals surface area (Å²) in [5.74, 6) is 2.18. The Kier molecular flexibility index (Phi) is 8.89. The number of para-hydroxylation sites is 1. The van der Waals surface area contributed by atoms with E-state index in [1.807, 2.05) is 24.3 Å². The van der Waals surface area contributed by atoms with E-state index in [4.69, 9.17) is 19.4 Å². The fraction of sp³-hybridized carbons (Fsp3) is 0.0926. The Balaban J connectivity index is 1.06. The molecule has 6 aromatic carbocycles. The first-order valence-corrected chi connectivity index (χ1v) is 20.7. The first kappa shape index (κ1) is 35.6. The molecule has 288 valence electrons. The lowest BCUT2D eigenvalue weighted by Gasteiger charge is -2.26. The molecule has 3 heterocycles. The van der Waals surface area contributed by atoms with Gasteiger partial charge in [0, 0.05) is 57.5 Å². The van der Waals surface area contributed by atoms with Crippen molar-refractivity contribution in [1.29, 1.82) is 0 Å². The maximum absolute atomic E-state index is 6.42. The lowest BCUT2D eigenvalue weighted by atomic mass is 9.95. The monoisotopic (exact) mass is 775 g/mol. The van der Waals surface area contributed by atoms with Gasteiger partial charge in [0.05, 0.1) is 16.7 Å². The Hall–Kier alpha value is -7.57. The zero-order valence-electron chi connectivity index (χ0n) is 33.3. The van der Waals surface area contributed by atoms with E-state index in [1.54, 1.807) is 0 Å². The highest BCUT2D eigenvalue weighted by atomic mass is 16.3. The van der Waals surface area contributed by atoms with E-state index in [2.05, 4.69) is 174 Å². The van der Waals surface area contributed by atoms with Gasteiger partial charge in [-0.3, -0.25) is 4.57 Å². The van der Waals surface area contributed by atoms with Crippen molar-refractivity contribution in [2.24, 2.45) is 0 Å². The summed E-state index contributed by atoms with van der Waals surface area (Å²) in [4.78, 5) is 17.5. The topological polar surface area (TPSA) is 60.0 Å².